The molecule has 1 unspecified atom stereocenters. The molecular formula is C24H24F3N5O2. The smallest absolute Gasteiger partial charge is 0.475 e. The van der Waals surface area contributed by atoms with E-state index < -0.39 is 12.1 Å². The number of benzene rings is 1. The number of nitrogens with zero attached hydrogens (tertiary/aromatic N) is 3. The molecule has 0 radical (unpaired) electrons. The van der Waals surface area contributed by atoms with Crippen LogP contribution in [0.3, 0.4) is 0 Å². The molecule has 5 rings (SSSR count). The third-order valence-electron chi connectivity index (χ3n) is 5.90. The Morgan fingerprint density at radius 1 is 1.15 bits per heavy atom. The van der Waals surface area contributed by atoms with Crippen LogP contribution in [-0.2, 0) is 30.6 Å². The summed E-state index contributed by atoms with van der Waals surface area (Å²) >= 11 is 0. The van der Waals surface area contributed by atoms with Crippen molar-refractivity contribution >= 4 is 11.8 Å². The first-order valence-corrected chi connectivity index (χ1v) is 11.0. The van der Waals surface area contributed by atoms with E-state index in [1.165, 1.54) is 27.9 Å². The van der Waals surface area contributed by atoms with Gasteiger partial charge in [-0.2, -0.15) is 13.2 Å². The van der Waals surface area contributed by atoms with Gasteiger partial charge in [0.25, 0.3) is 0 Å². The molecule has 34 heavy (non-hydrogen) atoms. The second kappa shape index (κ2) is 9.76. The van der Waals surface area contributed by atoms with E-state index in [-0.39, 0.29) is 0 Å². The Balaban J connectivity index is 0.000000344. The summed E-state index contributed by atoms with van der Waals surface area (Å²) in [5, 5.41) is 10.9. The third kappa shape index (κ3) is 5.17. The molecule has 0 spiro atoms. The largest absolute Gasteiger partial charge is 0.490 e. The lowest BCUT2D eigenvalue weighted by atomic mass is 10.0. The number of hydrogen-bond donors (Lipinski definition) is 3. The normalized spacial score (nSPS) is 16.3. The van der Waals surface area contributed by atoms with E-state index in [1.54, 1.807) is 6.20 Å². The van der Waals surface area contributed by atoms with Gasteiger partial charge in [-0.15, -0.1) is 0 Å². The van der Waals surface area contributed by atoms with Crippen LogP contribution in [0.1, 0.15) is 46.8 Å². The number of aryl methyl sites for hydroxylation is 2. The monoisotopic (exact) mass is 471 g/mol. The molecule has 0 fully saturated rings. The van der Waals surface area contributed by atoms with Crippen LogP contribution in [0.5, 0.6) is 0 Å². The van der Waals surface area contributed by atoms with E-state index in [1.807, 2.05) is 18.2 Å². The topological polar surface area (TPSA) is 114 Å². The van der Waals surface area contributed by atoms with E-state index >= 15 is 0 Å². The fraction of sp³-hybridized carbons (Fsp3) is 0.333. The number of carboxylic acids is 1. The zero-order valence-electron chi connectivity index (χ0n) is 18.3. The van der Waals surface area contributed by atoms with Crippen molar-refractivity contribution in [3.63, 3.8) is 0 Å². The van der Waals surface area contributed by atoms with Crippen molar-refractivity contribution in [1.82, 2.24) is 15.0 Å². The number of anilines is 1. The molecule has 178 valence electrons. The summed E-state index contributed by atoms with van der Waals surface area (Å²) in [5.41, 5.74) is 13.1. The van der Waals surface area contributed by atoms with Crippen LogP contribution in [-0.4, -0.2) is 32.2 Å². The first-order chi connectivity index (χ1) is 16.3. The van der Waals surface area contributed by atoms with Gasteiger partial charge in [0.05, 0.1) is 6.04 Å². The SMILES string of the molecule is NCc1ccc2c(c1)CCC2Nc1nc(-c2ccccn2)nc2c1CCC2.O=C(O)C(F)(F)F. The molecule has 0 amide bonds. The molecule has 0 saturated carbocycles. The number of carboxylic acid groups (broad SMARTS) is 1. The average molecular weight is 471 g/mol. The van der Waals surface area contributed by atoms with Crippen LogP contribution in [0.4, 0.5) is 19.0 Å². The van der Waals surface area contributed by atoms with Crippen LogP contribution in [0.15, 0.2) is 42.6 Å². The molecule has 7 nitrogen and oxygen atoms in total. The molecule has 3 aromatic rings. The molecule has 10 heteroatoms. The minimum atomic E-state index is -5.08. The van der Waals surface area contributed by atoms with Gasteiger partial charge in [-0.05, 0) is 60.9 Å². The van der Waals surface area contributed by atoms with E-state index in [4.69, 9.17) is 25.6 Å². The highest BCUT2D eigenvalue weighted by Gasteiger charge is 2.38. The standard InChI is InChI=1S/C22H23N5.C2HF3O2/c23-13-14-7-9-16-15(12-14)8-10-19(16)25-21-17-4-3-6-18(17)26-22(27-21)20-5-1-2-11-24-20;3-2(4,5)1(6)7/h1-2,5,7,9,11-12,19H,3-4,6,8,10,13,23H2,(H,25,26,27);(H,6,7). The molecule has 2 aliphatic rings. The summed E-state index contributed by atoms with van der Waals surface area (Å²) in [6.07, 6.45) is 2.09. The number of pyridine rings is 1. The highest BCUT2D eigenvalue weighted by Crippen LogP contribution is 2.37. The second-order valence-corrected chi connectivity index (χ2v) is 8.17. The van der Waals surface area contributed by atoms with Crippen LogP contribution >= 0.6 is 0 Å². The molecule has 0 saturated heterocycles. The Labute approximate surface area is 194 Å². The minimum Gasteiger partial charge on any atom is -0.475 e. The van der Waals surface area contributed by atoms with Crippen LogP contribution < -0.4 is 11.1 Å². The van der Waals surface area contributed by atoms with Gasteiger partial charge in [-0.3, -0.25) is 4.98 Å². The summed E-state index contributed by atoms with van der Waals surface area (Å²) in [6, 6.07) is 12.8. The van der Waals surface area contributed by atoms with Gasteiger partial charge in [0.1, 0.15) is 11.5 Å². The zero-order chi connectivity index (χ0) is 24.3. The summed E-state index contributed by atoms with van der Waals surface area (Å²) < 4.78 is 31.7. The molecule has 1 atom stereocenters. The Kier molecular flexibility index (Phi) is 6.78. The maximum absolute atomic E-state index is 10.6. The first kappa shape index (κ1) is 23.6. The Bertz CT molecular complexity index is 1190. The van der Waals surface area contributed by atoms with Crippen LogP contribution in [0, 0.1) is 0 Å². The van der Waals surface area contributed by atoms with Gasteiger partial charge in [0.2, 0.25) is 0 Å². The molecular weight excluding hydrogens is 447 g/mol. The van der Waals surface area contributed by atoms with Crippen LogP contribution in [0.2, 0.25) is 0 Å². The number of aromatic nitrogens is 3. The van der Waals surface area contributed by atoms with Crippen LogP contribution in [0.25, 0.3) is 11.5 Å². The van der Waals surface area contributed by atoms with Crippen molar-refractivity contribution in [3.8, 4) is 11.5 Å². The second-order valence-electron chi connectivity index (χ2n) is 8.17. The fourth-order valence-corrected chi connectivity index (χ4v) is 4.27. The lowest BCUT2D eigenvalue weighted by Crippen LogP contribution is -2.21. The van der Waals surface area contributed by atoms with E-state index in [9.17, 15) is 13.2 Å². The fourth-order valence-electron chi connectivity index (χ4n) is 4.27. The number of alkyl halides is 3. The summed E-state index contributed by atoms with van der Waals surface area (Å²) in [7, 11) is 0. The Morgan fingerprint density at radius 3 is 2.62 bits per heavy atom. The van der Waals surface area contributed by atoms with E-state index in [0.717, 1.165) is 49.4 Å². The van der Waals surface area contributed by atoms with Gasteiger partial charge in [0, 0.05) is 24.0 Å². The molecule has 0 bridgehead atoms. The molecule has 2 heterocycles. The molecule has 0 aliphatic heterocycles. The zero-order valence-corrected chi connectivity index (χ0v) is 18.3. The lowest BCUT2D eigenvalue weighted by Gasteiger charge is -2.18. The highest BCUT2D eigenvalue weighted by molar-refractivity contribution is 5.73. The number of carbonyl (C=O) groups is 1. The van der Waals surface area contributed by atoms with E-state index in [2.05, 4.69) is 28.5 Å². The minimum absolute atomic E-state index is 0.294. The van der Waals surface area contributed by atoms with Crippen molar-refractivity contribution in [2.75, 3.05) is 5.32 Å². The lowest BCUT2D eigenvalue weighted by molar-refractivity contribution is -0.192. The number of fused-ring (bicyclic) bond motifs is 2. The average Bonchev–Trinajstić information content (AvgIpc) is 3.46. The summed E-state index contributed by atoms with van der Waals surface area (Å²) in [5.74, 6) is -1.05. The number of aliphatic carboxylic acids is 1. The molecule has 2 aliphatic carbocycles. The summed E-state index contributed by atoms with van der Waals surface area (Å²) in [4.78, 5) is 23.0. The quantitative estimate of drug-likeness (QED) is 0.522. The van der Waals surface area contributed by atoms with E-state index in [0.29, 0.717) is 12.6 Å². The van der Waals surface area contributed by atoms with Crippen molar-refractivity contribution < 1.29 is 23.1 Å². The molecule has 2 aromatic heterocycles. The molecule has 4 N–H and O–H groups in total. The number of nitrogens with one attached hydrogen (secondary N) is 1. The number of hydrogen-bond acceptors (Lipinski definition) is 6. The predicted octanol–water partition coefficient (Wildman–Crippen LogP) is 4.22. The highest BCUT2D eigenvalue weighted by atomic mass is 19.4. The predicted molar refractivity (Wildman–Crippen MR) is 120 cm³/mol. The third-order valence-corrected chi connectivity index (χ3v) is 5.90. The van der Waals surface area contributed by atoms with Gasteiger partial charge >= 0.3 is 12.1 Å². The maximum atomic E-state index is 10.6. The summed E-state index contributed by atoms with van der Waals surface area (Å²) in [6.45, 7) is 0.595. The maximum Gasteiger partial charge on any atom is 0.490 e. The van der Waals surface area contributed by atoms with Crippen molar-refractivity contribution in [2.24, 2.45) is 5.73 Å². The van der Waals surface area contributed by atoms with Gasteiger partial charge in [-0.25, -0.2) is 14.8 Å². The molecule has 1 aromatic carbocycles. The number of rotatable bonds is 4. The van der Waals surface area contributed by atoms with Crippen molar-refractivity contribution in [1.29, 1.82) is 0 Å². The Hall–Kier alpha value is -3.53. The number of nitrogens with two attached hydrogens (primary N) is 1. The Morgan fingerprint density at radius 2 is 1.94 bits per heavy atom. The van der Waals surface area contributed by atoms with Gasteiger partial charge in [0.15, 0.2) is 5.82 Å². The first-order valence-electron chi connectivity index (χ1n) is 11.0. The number of halogens is 3. The van der Waals surface area contributed by atoms with Gasteiger partial charge < -0.3 is 16.2 Å². The van der Waals surface area contributed by atoms with Gasteiger partial charge in [-0.1, -0.05) is 24.3 Å². The van der Waals surface area contributed by atoms with Crippen molar-refractivity contribution in [3.05, 3.63) is 70.5 Å². The van der Waals surface area contributed by atoms with Crippen molar-refractivity contribution in [2.45, 2.75) is 50.9 Å².